The molecule has 1 amide bonds. The molecule has 0 saturated carbocycles. The number of nitrogens with zero attached hydrogens (tertiary/aromatic N) is 3. The van der Waals surface area contributed by atoms with Crippen LogP contribution in [0.5, 0.6) is 0 Å². The smallest absolute Gasteiger partial charge is 0.300 e. The number of aliphatic carboxylic acids is 1. The van der Waals surface area contributed by atoms with Gasteiger partial charge in [0.15, 0.2) is 0 Å². The van der Waals surface area contributed by atoms with Gasteiger partial charge in [-0.2, -0.15) is 5.10 Å². The van der Waals surface area contributed by atoms with E-state index in [9.17, 15) is 4.79 Å². The number of rotatable bonds is 8. The van der Waals surface area contributed by atoms with Gasteiger partial charge in [-0.3, -0.25) is 14.3 Å². The first-order valence-electron chi connectivity index (χ1n) is 11.0. The summed E-state index contributed by atoms with van der Waals surface area (Å²) in [5.41, 5.74) is 5.16. The summed E-state index contributed by atoms with van der Waals surface area (Å²) in [5.74, 6) is -0.123. The number of carbonyl (C=O) groups excluding carboxylic acids is 1. The Balaban J connectivity index is 0.000000837. The van der Waals surface area contributed by atoms with Gasteiger partial charge in [0, 0.05) is 51.0 Å². The standard InChI is InChI=1S/C22H32N4O2.C2H4O2/c1-16-21(17(2)25(3)24-16)15-26(10-11-28-4)22(27)20-7-5-6-18(13-20)12-19-8-9-23-14-19;1-2(3)4/h5-7,13,19,23H,8-12,14-15H2,1-4H3;1H3,(H,3,4). The molecule has 176 valence electrons. The number of methoxy groups -OCH3 is 1. The van der Waals surface area contributed by atoms with E-state index in [-0.39, 0.29) is 5.91 Å². The second-order valence-electron chi connectivity index (χ2n) is 8.27. The maximum atomic E-state index is 13.3. The van der Waals surface area contributed by atoms with Gasteiger partial charge in [-0.05, 0) is 63.4 Å². The average molecular weight is 445 g/mol. The number of carboxylic acid groups (broad SMARTS) is 1. The third-order valence-electron chi connectivity index (χ3n) is 5.72. The Morgan fingerprint density at radius 2 is 2.06 bits per heavy atom. The van der Waals surface area contributed by atoms with Gasteiger partial charge in [0.05, 0.1) is 12.3 Å². The molecule has 0 bridgehead atoms. The van der Waals surface area contributed by atoms with Crippen LogP contribution in [0.1, 0.15) is 46.2 Å². The van der Waals surface area contributed by atoms with Crippen LogP contribution in [-0.4, -0.2) is 65.0 Å². The largest absolute Gasteiger partial charge is 0.481 e. The summed E-state index contributed by atoms with van der Waals surface area (Å²) in [7, 11) is 3.61. The van der Waals surface area contributed by atoms with E-state index in [1.807, 2.05) is 42.6 Å². The van der Waals surface area contributed by atoms with Gasteiger partial charge in [0.1, 0.15) is 0 Å². The highest BCUT2D eigenvalue weighted by Crippen LogP contribution is 2.19. The Morgan fingerprint density at radius 3 is 2.62 bits per heavy atom. The molecule has 0 spiro atoms. The lowest BCUT2D eigenvalue weighted by atomic mass is 9.97. The zero-order chi connectivity index (χ0) is 23.7. The van der Waals surface area contributed by atoms with Crippen molar-refractivity contribution >= 4 is 11.9 Å². The number of aryl methyl sites for hydroxylation is 2. The molecule has 1 aliphatic rings. The van der Waals surface area contributed by atoms with Crippen molar-refractivity contribution < 1.29 is 19.4 Å². The molecular weight excluding hydrogens is 408 g/mol. The SMILES string of the molecule is CC(=O)O.COCCN(Cc1c(C)nn(C)c1C)C(=O)c1cccc(CC2CCNC2)c1. The van der Waals surface area contributed by atoms with Crippen molar-refractivity contribution in [1.29, 1.82) is 0 Å². The van der Waals surface area contributed by atoms with Crippen LogP contribution in [0.15, 0.2) is 24.3 Å². The molecule has 3 rings (SSSR count). The van der Waals surface area contributed by atoms with Crippen LogP contribution >= 0.6 is 0 Å². The van der Waals surface area contributed by atoms with Crippen molar-refractivity contribution in [2.45, 2.75) is 40.2 Å². The molecule has 1 aromatic carbocycles. The Hall–Kier alpha value is -2.71. The van der Waals surface area contributed by atoms with Crippen LogP contribution < -0.4 is 5.32 Å². The van der Waals surface area contributed by atoms with E-state index in [0.29, 0.717) is 25.6 Å². The number of nitrogens with one attached hydrogen (secondary N) is 1. The summed E-state index contributed by atoms with van der Waals surface area (Å²) in [6.45, 7) is 8.90. The fraction of sp³-hybridized carbons (Fsp3) is 0.542. The normalized spacial score (nSPS) is 15.2. The van der Waals surface area contributed by atoms with Crippen LogP contribution in [0.2, 0.25) is 0 Å². The van der Waals surface area contributed by atoms with E-state index in [4.69, 9.17) is 14.6 Å². The van der Waals surface area contributed by atoms with Gasteiger partial charge < -0.3 is 20.1 Å². The van der Waals surface area contributed by atoms with Crippen LogP contribution in [0.3, 0.4) is 0 Å². The fourth-order valence-corrected chi connectivity index (χ4v) is 3.93. The van der Waals surface area contributed by atoms with Crippen LogP contribution in [-0.2, 0) is 29.5 Å². The molecule has 1 aliphatic heterocycles. The van der Waals surface area contributed by atoms with Gasteiger partial charge in [0.25, 0.3) is 11.9 Å². The highest BCUT2D eigenvalue weighted by molar-refractivity contribution is 5.94. The first-order chi connectivity index (χ1) is 15.2. The number of amides is 1. The second kappa shape index (κ2) is 12.4. The number of ether oxygens (including phenoxy) is 1. The Labute approximate surface area is 190 Å². The van der Waals surface area contributed by atoms with E-state index in [1.165, 1.54) is 12.0 Å². The molecule has 8 nitrogen and oxygen atoms in total. The maximum Gasteiger partial charge on any atom is 0.300 e. The minimum Gasteiger partial charge on any atom is -0.481 e. The van der Waals surface area contributed by atoms with E-state index in [0.717, 1.165) is 48.9 Å². The fourth-order valence-electron chi connectivity index (χ4n) is 3.93. The van der Waals surface area contributed by atoms with Crippen molar-refractivity contribution in [3.8, 4) is 0 Å². The number of hydrogen-bond donors (Lipinski definition) is 2. The first-order valence-corrected chi connectivity index (χ1v) is 11.0. The molecule has 1 atom stereocenters. The van der Waals surface area contributed by atoms with E-state index in [2.05, 4.69) is 22.5 Å². The Kier molecular flexibility index (Phi) is 9.87. The predicted octanol–water partition coefficient (Wildman–Crippen LogP) is 2.57. The predicted molar refractivity (Wildman–Crippen MR) is 124 cm³/mol. The van der Waals surface area contributed by atoms with Gasteiger partial charge >= 0.3 is 0 Å². The monoisotopic (exact) mass is 444 g/mol. The lowest BCUT2D eigenvalue weighted by molar-refractivity contribution is -0.134. The lowest BCUT2D eigenvalue weighted by Gasteiger charge is -2.23. The van der Waals surface area contributed by atoms with Crippen molar-refractivity contribution in [2.75, 3.05) is 33.4 Å². The minimum absolute atomic E-state index is 0.0473. The summed E-state index contributed by atoms with van der Waals surface area (Å²) in [6.07, 6.45) is 2.23. The molecule has 1 aromatic heterocycles. The number of aromatic nitrogens is 2. The topological polar surface area (TPSA) is 96.7 Å². The molecule has 2 aromatic rings. The summed E-state index contributed by atoms with van der Waals surface area (Å²) in [6, 6.07) is 8.11. The van der Waals surface area contributed by atoms with Crippen molar-refractivity contribution in [2.24, 2.45) is 13.0 Å². The highest BCUT2D eigenvalue weighted by atomic mass is 16.5. The molecule has 0 aliphatic carbocycles. The second-order valence-corrected chi connectivity index (χ2v) is 8.27. The van der Waals surface area contributed by atoms with Gasteiger partial charge in [-0.25, -0.2) is 0 Å². The van der Waals surface area contributed by atoms with Crippen molar-refractivity contribution in [3.63, 3.8) is 0 Å². The van der Waals surface area contributed by atoms with Gasteiger partial charge in [-0.15, -0.1) is 0 Å². The molecule has 1 unspecified atom stereocenters. The van der Waals surface area contributed by atoms with E-state index < -0.39 is 5.97 Å². The molecule has 8 heteroatoms. The molecule has 2 N–H and O–H groups in total. The highest BCUT2D eigenvalue weighted by Gasteiger charge is 2.21. The number of carboxylic acids is 1. The lowest BCUT2D eigenvalue weighted by Crippen LogP contribution is -2.34. The maximum absolute atomic E-state index is 13.3. The van der Waals surface area contributed by atoms with Gasteiger partial charge in [-0.1, -0.05) is 12.1 Å². The van der Waals surface area contributed by atoms with Crippen LogP contribution in [0, 0.1) is 19.8 Å². The number of carbonyl (C=O) groups is 2. The third kappa shape index (κ3) is 7.46. The minimum atomic E-state index is -0.833. The summed E-state index contributed by atoms with van der Waals surface area (Å²) in [4.78, 5) is 24.2. The molecule has 1 fully saturated rings. The number of hydrogen-bond acceptors (Lipinski definition) is 5. The zero-order valence-corrected chi connectivity index (χ0v) is 19.9. The average Bonchev–Trinajstić information content (AvgIpc) is 3.33. The molecule has 32 heavy (non-hydrogen) atoms. The summed E-state index contributed by atoms with van der Waals surface area (Å²) >= 11 is 0. The zero-order valence-electron chi connectivity index (χ0n) is 19.9. The van der Waals surface area contributed by atoms with E-state index in [1.54, 1.807) is 7.11 Å². The first kappa shape index (κ1) is 25.5. The van der Waals surface area contributed by atoms with Crippen LogP contribution in [0.4, 0.5) is 0 Å². The molecule has 2 heterocycles. The Morgan fingerprint density at radius 1 is 1.34 bits per heavy atom. The summed E-state index contributed by atoms with van der Waals surface area (Å²) in [5, 5.41) is 15.3. The summed E-state index contributed by atoms with van der Waals surface area (Å²) < 4.78 is 7.13. The number of benzene rings is 1. The Bertz CT molecular complexity index is 899. The third-order valence-corrected chi connectivity index (χ3v) is 5.72. The van der Waals surface area contributed by atoms with Crippen LogP contribution in [0.25, 0.3) is 0 Å². The molecule has 1 saturated heterocycles. The van der Waals surface area contributed by atoms with E-state index >= 15 is 0 Å². The van der Waals surface area contributed by atoms with Gasteiger partial charge in [0.2, 0.25) is 0 Å². The molecular formula is C24H36N4O4. The van der Waals surface area contributed by atoms with Crippen molar-refractivity contribution in [3.05, 3.63) is 52.3 Å². The van der Waals surface area contributed by atoms with Crippen molar-refractivity contribution in [1.82, 2.24) is 20.0 Å². The quantitative estimate of drug-likeness (QED) is 0.650. The molecule has 0 radical (unpaired) electrons.